The lowest BCUT2D eigenvalue weighted by Gasteiger charge is -2.04. The Hall–Kier alpha value is -2.09. The van der Waals surface area contributed by atoms with Crippen molar-refractivity contribution >= 4 is 5.97 Å². The zero-order chi connectivity index (χ0) is 12.8. The molecule has 0 unspecified atom stereocenters. The fraction of sp³-hybridized carbons (Fsp3) is 0.188. The molecular weight excluding hydrogens is 224 g/mol. The summed E-state index contributed by atoms with van der Waals surface area (Å²) in [7, 11) is 1.40. The summed E-state index contributed by atoms with van der Waals surface area (Å²) in [6, 6.07) is 17.9. The number of carbonyl (C=O) groups excluding carboxylic acids is 1. The van der Waals surface area contributed by atoms with E-state index in [4.69, 9.17) is 4.74 Å². The third-order valence-electron chi connectivity index (χ3n) is 2.89. The van der Waals surface area contributed by atoms with Crippen molar-refractivity contribution in [1.29, 1.82) is 0 Å². The second-order valence-corrected chi connectivity index (χ2v) is 4.18. The molecule has 0 amide bonds. The minimum atomic E-state index is -0.281. The minimum absolute atomic E-state index is 0.281. The molecule has 0 atom stereocenters. The smallest absolute Gasteiger partial charge is 0.337 e. The fourth-order valence-corrected chi connectivity index (χ4v) is 1.91. The summed E-state index contributed by atoms with van der Waals surface area (Å²) < 4.78 is 4.72. The Morgan fingerprint density at radius 2 is 1.61 bits per heavy atom. The van der Waals surface area contributed by atoms with E-state index in [1.54, 1.807) is 6.07 Å². The Bertz CT molecular complexity index is 518. The molecule has 0 fully saturated rings. The van der Waals surface area contributed by atoms with Crippen molar-refractivity contribution in [2.24, 2.45) is 0 Å². The molecule has 0 aliphatic heterocycles. The Morgan fingerprint density at radius 1 is 0.944 bits per heavy atom. The molecule has 0 aliphatic rings. The molecule has 0 spiro atoms. The van der Waals surface area contributed by atoms with E-state index in [-0.39, 0.29) is 5.97 Å². The molecule has 0 saturated carbocycles. The number of aryl methyl sites for hydroxylation is 2. The van der Waals surface area contributed by atoms with Gasteiger partial charge in [-0.1, -0.05) is 42.5 Å². The van der Waals surface area contributed by atoms with Crippen LogP contribution in [0.2, 0.25) is 0 Å². The fourth-order valence-electron chi connectivity index (χ4n) is 1.91. The maximum atomic E-state index is 11.4. The lowest BCUT2D eigenvalue weighted by molar-refractivity contribution is 0.0600. The van der Waals surface area contributed by atoms with Gasteiger partial charge >= 0.3 is 5.97 Å². The summed E-state index contributed by atoms with van der Waals surface area (Å²) in [5.41, 5.74) is 3.07. The summed E-state index contributed by atoms with van der Waals surface area (Å²) >= 11 is 0. The van der Waals surface area contributed by atoms with Gasteiger partial charge in [0.15, 0.2) is 0 Å². The molecule has 0 N–H and O–H groups in total. The second kappa shape index (κ2) is 6.01. The molecule has 18 heavy (non-hydrogen) atoms. The van der Waals surface area contributed by atoms with E-state index >= 15 is 0 Å². The summed E-state index contributed by atoms with van der Waals surface area (Å²) in [5.74, 6) is -0.281. The van der Waals surface area contributed by atoms with Crippen LogP contribution in [0.5, 0.6) is 0 Å². The average Bonchev–Trinajstić information content (AvgIpc) is 2.45. The van der Waals surface area contributed by atoms with Crippen LogP contribution < -0.4 is 0 Å². The van der Waals surface area contributed by atoms with Crippen LogP contribution in [0.1, 0.15) is 21.5 Å². The molecule has 0 saturated heterocycles. The molecule has 92 valence electrons. The van der Waals surface area contributed by atoms with Gasteiger partial charge in [-0.05, 0) is 36.1 Å². The Balaban J connectivity index is 2.04. The zero-order valence-electron chi connectivity index (χ0n) is 10.4. The number of rotatable bonds is 4. The van der Waals surface area contributed by atoms with Gasteiger partial charge in [0.05, 0.1) is 12.7 Å². The Morgan fingerprint density at radius 3 is 2.33 bits per heavy atom. The van der Waals surface area contributed by atoms with Gasteiger partial charge in [-0.25, -0.2) is 4.79 Å². The molecule has 0 aromatic heterocycles. The molecule has 2 nitrogen and oxygen atoms in total. The number of benzene rings is 2. The van der Waals surface area contributed by atoms with Gasteiger partial charge < -0.3 is 4.74 Å². The van der Waals surface area contributed by atoms with E-state index in [1.165, 1.54) is 12.7 Å². The molecule has 2 heteroatoms. The Kier molecular flexibility index (Phi) is 4.13. The largest absolute Gasteiger partial charge is 0.465 e. The number of methoxy groups -OCH3 is 1. The first-order chi connectivity index (χ1) is 8.79. The van der Waals surface area contributed by atoms with Gasteiger partial charge in [0.25, 0.3) is 0 Å². The van der Waals surface area contributed by atoms with Crippen molar-refractivity contribution in [2.45, 2.75) is 12.8 Å². The van der Waals surface area contributed by atoms with E-state index in [1.807, 2.05) is 36.4 Å². The topological polar surface area (TPSA) is 26.3 Å². The zero-order valence-corrected chi connectivity index (χ0v) is 10.4. The van der Waals surface area contributed by atoms with Crippen LogP contribution in [0.4, 0.5) is 0 Å². The predicted octanol–water partition coefficient (Wildman–Crippen LogP) is 3.26. The van der Waals surface area contributed by atoms with Gasteiger partial charge in [0.2, 0.25) is 0 Å². The van der Waals surface area contributed by atoms with Crippen LogP contribution >= 0.6 is 0 Å². The van der Waals surface area contributed by atoms with Crippen molar-refractivity contribution in [3.8, 4) is 0 Å². The van der Waals surface area contributed by atoms with Crippen LogP contribution in [0.3, 0.4) is 0 Å². The maximum absolute atomic E-state index is 11.4. The lowest BCUT2D eigenvalue weighted by Crippen LogP contribution is -2.02. The van der Waals surface area contributed by atoms with Crippen molar-refractivity contribution in [3.05, 3.63) is 71.3 Å². The van der Waals surface area contributed by atoms with Gasteiger partial charge in [0, 0.05) is 0 Å². The van der Waals surface area contributed by atoms with Crippen LogP contribution in [-0.4, -0.2) is 13.1 Å². The highest BCUT2D eigenvalue weighted by Gasteiger charge is 2.05. The number of carbonyl (C=O) groups is 1. The highest BCUT2D eigenvalue weighted by atomic mass is 16.5. The van der Waals surface area contributed by atoms with E-state index in [9.17, 15) is 4.79 Å². The third kappa shape index (κ3) is 3.20. The molecule has 2 aromatic rings. The first-order valence-corrected chi connectivity index (χ1v) is 6.01. The van der Waals surface area contributed by atoms with Gasteiger partial charge in [-0.3, -0.25) is 0 Å². The second-order valence-electron chi connectivity index (χ2n) is 4.18. The van der Waals surface area contributed by atoms with Crippen LogP contribution in [0.15, 0.2) is 54.6 Å². The van der Waals surface area contributed by atoms with E-state index in [0.29, 0.717) is 5.56 Å². The molecule has 2 rings (SSSR count). The van der Waals surface area contributed by atoms with Crippen molar-refractivity contribution < 1.29 is 9.53 Å². The number of esters is 1. The molecule has 0 radical (unpaired) electrons. The Labute approximate surface area is 107 Å². The average molecular weight is 240 g/mol. The molecular formula is C16H16O2. The quantitative estimate of drug-likeness (QED) is 0.767. The number of hydrogen-bond donors (Lipinski definition) is 0. The SMILES string of the molecule is COC(=O)c1cccc(CCc2ccccc2)c1. The monoisotopic (exact) mass is 240 g/mol. The van der Waals surface area contributed by atoms with Crippen LogP contribution in [0, 0.1) is 0 Å². The van der Waals surface area contributed by atoms with Crippen molar-refractivity contribution in [1.82, 2.24) is 0 Å². The van der Waals surface area contributed by atoms with Crippen molar-refractivity contribution in [3.63, 3.8) is 0 Å². The minimum Gasteiger partial charge on any atom is -0.465 e. The van der Waals surface area contributed by atoms with Gasteiger partial charge in [-0.15, -0.1) is 0 Å². The van der Waals surface area contributed by atoms with E-state index in [2.05, 4.69) is 12.1 Å². The van der Waals surface area contributed by atoms with E-state index < -0.39 is 0 Å². The number of ether oxygens (including phenoxy) is 1. The molecule has 2 aromatic carbocycles. The van der Waals surface area contributed by atoms with Crippen LogP contribution in [-0.2, 0) is 17.6 Å². The number of hydrogen-bond acceptors (Lipinski definition) is 2. The van der Waals surface area contributed by atoms with Gasteiger partial charge in [-0.2, -0.15) is 0 Å². The highest BCUT2D eigenvalue weighted by molar-refractivity contribution is 5.89. The highest BCUT2D eigenvalue weighted by Crippen LogP contribution is 2.10. The standard InChI is InChI=1S/C16H16O2/c1-18-16(17)15-9-5-8-14(12-15)11-10-13-6-3-2-4-7-13/h2-9,12H,10-11H2,1H3. The molecule has 0 bridgehead atoms. The normalized spacial score (nSPS) is 10.1. The lowest BCUT2D eigenvalue weighted by atomic mass is 10.0. The summed E-state index contributed by atoms with van der Waals surface area (Å²) in [5, 5.41) is 0. The molecule has 0 aliphatic carbocycles. The third-order valence-corrected chi connectivity index (χ3v) is 2.89. The summed E-state index contributed by atoms with van der Waals surface area (Å²) in [4.78, 5) is 11.4. The first kappa shape index (κ1) is 12.4. The predicted molar refractivity (Wildman–Crippen MR) is 71.6 cm³/mol. The van der Waals surface area contributed by atoms with Crippen molar-refractivity contribution in [2.75, 3.05) is 7.11 Å². The first-order valence-electron chi connectivity index (χ1n) is 6.01. The maximum Gasteiger partial charge on any atom is 0.337 e. The summed E-state index contributed by atoms with van der Waals surface area (Å²) in [6.07, 6.45) is 1.90. The molecule has 0 heterocycles. The van der Waals surface area contributed by atoms with Gasteiger partial charge in [0.1, 0.15) is 0 Å². The van der Waals surface area contributed by atoms with Crippen LogP contribution in [0.25, 0.3) is 0 Å². The summed E-state index contributed by atoms with van der Waals surface area (Å²) in [6.45, 7) is 0. The van der Waals surface area contributed by atoms with E-state index in [0.717, 1.165) is 18.4 Å².